The average molecular weight is 416 g/mol. The molecule has 0 aliphatic heterocycles. The molecule has 0 saturated heterocycles. The van der Waals surface area contributed by atoms with Crippen LogP contribution in [0.3, 0.4) is 0 Å². The Morgan fingerprint density at radius 3 is 2.76 bits per heavy atom. The van der Waals surface area contributed by atoms with E-state index < -0.39 is 17.2 Å². The van der Waals surface area contributed by atoms with E-state index in [9.17, 15) is 14.4 Å². The number of halogens is 1. The fourth-order valence-corrected chi connectivity index (χ4v) is 2.74. The summed E-state index contributed by atoms with van der Waals surface area (Å²) in [6.07, 6.45) is 1.00. The van der Waals surface area contributed by atoms with E-state index in [4.69, 9.17) is 21.1 Å². The minimum absolute atomic E-state index is 0.260. The molecule has 0 atom stereocenters. The Balaban J connectivity index is 1.92. The first kappa shape index (κ1) is 20.3. The van der Waals surface area contributed by atoms with E-state index in [0.29, 0.717) is 31.9 Å². The molecule has 0 spiro atoms. The molecule has 1 aromatic heterocycles. The van der Waals surface area contributed by atoms with Gasteiger partial charge in [-0.3, -0.25) is 4.79 Å². The Morgan fingerprint density at radius 1 is 1.24 bits per heavy atom. The second kappa shape index (κ2) is 8.74. The highest BCUT2D eigenvalue weighted by Gasteiger charge is 2.10. The molecule has 0 aliphatic rings. The Morgan fingerprint density at radius 2 is 2.00 bits per heavy atom. The molecular weight excluding hydrogens is 398 g/mol. The largest absolute Gasteiger partial charge is 0.481 e. The van der Waals surface area contributed by atoms with Crippen molar-refractivity contribution in [3.63, 3.8) is 0 Å². The SMILES string of the molecule is CC(C)OC(=O)COc1ccc(Cl)cc1C=Nn1c(=O)[nH]c2ccccc2c1=O. The summed E-state index contributed by atoms with van der Waals surface area (Å²) in [6.45, 7) is 3.16. The van der Waals surface area contributed by atoms with Crippen molar-refractivity contribution in [3.05, 3.63) is 73.9 Å². The second-order valence-corrected chi connectivity index (χ2v) is 6.78. The topological polar surface area (TPSA) is 103 Å². The maximum atomic E-state index is 12.6. The number of rotatable bonds is 6. The Kier molecular flexibility index (Phi) is 6.13. The molecule has 3 rings (SSSR count). The van der Waals surface area contributed by atoms with Crippen molar-refractivity contribution >= 4 is 34.7 Å². The lowest BCUT2D eigenvalue weighted by molar-refractivity contribution is -0.149. The molecule has 0 bridgehead atoms. The molecule has 150 valence electrons. The number of H-pyrrole nitrogens is 1. The monoisotopic (exact) mass is 415 g/mol. The summed E-state index contributed by atoms with van der Waals surface area (Å²) < 4.78 is 11.2. The second-order valence-electron chi connectivity index (χ2n) is 6.35. The number of aromatic nitrogens is 2. The summed E-state index contributed by atoms with van der Waals surface area (Å²) in [5.74, 6) is -0.232. The number of hydrogen-bond donors (Lipinski definition) is 1. The lowest BCUT2D eigenvalue weighted by Crippen LogP contribution is -2.32. The van der Waals surface area contributed by atoms with Crippen LogP contribution in [0, 0.1) is 0 Å². The van der Waals surface area contributed by atoms with Crippen molar-refractivity contribution in [2.45, 2.75) is 20.0 Å². The number of carbonyl (C=O) groups is 1. The summed E-state index contributed by atoms with van der Waals surface area (Å²) in [7, 11) is 0. The molecule has 0 radical (unpaired) electrons. The van der Waals surface area contributed by atoms with Crippen LogP contribution in [0.2, 0.25) is 5.02 Å². The number of nitrogens with one attached hydrogen (secondary N) is 1. The maximum absolute atomic E-state index is 12.6. The molecule has 0 aliphatic carbocycles. The number of para-hydroxylation sites is 1. The van der Waals surface area contributed by atoms with E-state index in [2.05, 4.69) is 10.1 Å². The van der Waals surface area contributed by atoms with Gasteiger partial charge in [-0.25, -0.2) is 9.59 Å². The Labute approximate surface area is 170 Å². The van der Waals surface area contributed by atoms with Gasteiger partial charge in [0.1, 0.15) is 5.75 Å². The standard InChI is InChI=1S/C20H18ClN3O5/c1-12(2)29-18(25)11-28-17-8-7-14(21)9-13(17)10-22-24-19(26)15-5-3-4-6-16(15)23-20(24)27/h3-10,12H,11H2,1-2H3,(H,23,27). The van der Waals surface area contributed by atoms with E-state index in [1.54, 1.807) is 50.2 Å². The van der Waals surface area contributed by atoms with Crippen LogP contribution in [0.4, 0.5) is 0 Å². The minimum atomic E-state index is -0.685. The maximum Gasteiger partial charge on any atom is 0.349 e. The smallest absolute Gasteiger partial charge is 0.349 e. The molecule has 1 N–H and O–H groups in total. The minimum Gasteiger partial charge on any atom is -0.481 e. The predicted octanol–water partition coefficient (Wildman–Crippen LogP) is 2.56. The normalized spacial score (nSPS) is 11.3. The van der Waals surface area contributed by atoms with Crippen LogP contribution in [-0.2, 0) is 9.53 Å². The summed E-state index contributed by atoms with van der Waals surface area (Å²) >= 11 is 6.03. The molecule has 3 aromatic rings. The Hall–Kier alpha value is -3.39. The number of aromatic amines is 1. The van der Waals surface area contributed by atoms with E-state index in [-0.39, 0.29) is 12.7 Å². The number of carbonyl (C=O) groups excluding carboxylic acids is 1. The number of nitrogens with zero attached hydrogens (tertiary/aromatic N) is 2. The zero-order valence-electron chi connectivity index (χ0n) is 15.7. The van der Waals surface area contributed by atoms with Gasteiger partial charge in [-0.1, -0.05) is 23.7 Å². The molecule has 1 heterocycles. The van der Waals surface area contributed by atoms with Crippen LogP contribution < -0.4 is 16.0 Å². The fourth-order valence-electron chi connectivity index (χ4n) is 2.56. The van der Waals surface area contributed by atoms with Gasteiger partial charge in [-0.15, -0.1) is 4.68 Å². The van der Waals surface area contributed by atoms with Gasteiger partial charge < -0.3 is 14.5 Å². The highest BCUT2D eigenvalue weighted by Crippen LogP contribution is 2.21. The van der Waals surface area contributed by atoms with Gasteiger partial charge in [-0.05, 0) is 44.2 Å². The van der Waals surface area contributed by atoms with Gasteiger partial charge in [-0.2, -0.15) is 5.10 Å². The van der Waals surface area contributed by atoms with E-state index >= 15 is 0 Å². The first-order valence-electron chi connectivity index (χ1n) is 8.75. The van der Waals surface area contributed by atoms with Gasteiger partial charge in [0, 0.05) is 10.6 Å². The van der Waals surface area contributed by atoms with Crippen LogP contribution >= 0.6 is 11.6 Å². The summed E-state index contributed by atoms with van der Waals surface area (Å²) in [5, 5.41) is 4.70. The van der Waals surface area contributed by atoms with E-state index in [1.807, 2.05) is 0 Å². The van der Waals surface area contributed by atoms with Gasteiger partial charge in [0.15, 0.2) is 6.61 Å². The summed E-state index contributed by atoms with van der Waals surface area (Å²) in [5.41, 5.74) is -0.445. The molecular formula is C20H18ClN3O5. The number of hydrogen-bond acceptors (Lipinski definition) is 6. The van der Waals surface area contributed by atoms with Crippen molar-refractivity contribution in [2.75, 3.05) is 6.61 Å². The quantitative estimate of drug-likeness (QED) is 0.492. The molecule has 0 unspecified atom stereocenters. The highest BCUT2D eigenvalue weighted by atomic mass is 35.5. The number of ether oxygens (including phenoxy) is 2. The van der Waals surface area contributed by atoms with Crippen LogP contribution in [-0.4, -0.2) is 34.6 Å². The van der Waals surface area contributed by atoms with Crippen LogP contribution in [0.15, 0.2) is 57.2 Å². The molecule has 9 heteroatoms. The zero-order chi connectivity index (χ0) is 21.0. The van der Waals surface area contributed by atoms with Gasteiger partial charge in [0.05, 0.1) is 23.2 Å². The first-order valence-corrected chi connectivity index (χ1v) is 9.13. The van der Waals surface area contributed by atoms with Crippen molar-refractivity contribution in [1.29, 1.82) is 0 Å². The zero-order valence-corrected chi connectivity index (χ0v) is 16.5. The van der Waals surface area contributed by atoms with Crippen molar-refractivity contribution in [3.8, 4) is 5.75 Å². The van der Waals surface area contributed by atoms with Gasteiger partial charge in [0.2, 0.25) is 0 Å². The third-order valence-corrected chi connectivity index (χ3v) is 4.02. The Bertz CT molecular complexity index is 1200. The average Bonchev–Trinajstić information content (AvgIpc) is 2.66. The van der Waals surface area contributed by atoms with Crippen LogP contribution in [0.25, 0.3) is 10.9 Å². The first-order chi connectivity index (χ1) is 13.8. The number of esters is 1. The predicted molar refractivity (Wildman–Crippen MR) is 110 cm³/mol. The van der Waals surface area contributed by atoms with E-state index in [0.717, 1.165) is 0 Å². The lowest BCUT2D eigenvalue weighted by Gasteiger charge is -2.11. The van der Waals surface area contributed by atoms with Gasteiger partial charge in [0.25, 0.3) is 5.56 Å². The fraction of sp³-hybridized carbons (Fsp3) is 0.200. The van der Waals surface area contributed by atoms with Crippen LogP contribution in [0.1, 0.15) is 19.4 Å². The molecule has 0 saturated carbocycles. The molecule has 0 amide bonds. The van der Waals surface area contributed by atoms with Crippen molar-refractivity contribution < 1.29 is 14.3 Å². The molecule has 8 nitrogen and oxygen atoms in total. The summed E-state index contributed by atoms with van der Waals surface area (Å²) in [4.78, 5) is 39.1. The highest BCUT2D eigenvalue weighted by molar-refractivity contribution is 6.30. The molecule has 0 fully saturated rings. The molecule has 2 aromatic carbocycles. The lowest BCUT2D eigenvalue weighted by atomic mass is 10.2. The molecule has 29 heavy (non-hydrogen) atoms. The van der Waals surface area contributed by atoms with Crippen LogP contribution in [0.5, 0.6) is 5.75 Å². The van der Waals surface area contributed by atoms with E-state index in [1.165, 1.54) is 12.3 Å². The number of fused-ring (bicyclic) bond motifs is 1. The third-order valence-electron chi connectivity index (χ3n) is 3.78. The number of benzene rings is 2. The summed E-state index contributed by atoms with van der Waals surface area (Å²) in [6, 6.07) is 11.3. The van der Waals surface area contributed by atoms with Crippen molar-refractivity contribution in [2.24, 2.45) is 5.10 Å². The third kappa shape index (κ3) is 4.91. The van der Waals surface area contributed by atoms with Gasteiger partial charge >= 0.3 is 11.7 Å². The van der Waals surface area contributed by atoms with Crippen molar-refractivity contribution in [1.82, 2.24) is 9.66 Å².